The molecule has 102 valence electrons. The number of rotatable bonds is 1. The van der Waals surface area contributed by atoms with Crippen LogP contribution in [-0.2, 0) is 4.79 Å². The molecule has 0 fully saturated rings. The summed E-state index contributed by atoms with van der Waals surface area (Å²) in [5, 5.41) is 0. The third kappa shape index (κ3) is 1.95. The van der Waals surface area contributed by atoms with E-state index in [0.717, 1.165) is 28.3 Å². The standard InChI is InChI=1S/C17H17NO2/c1-11-8-9-12(2)15(10-11)18-14-6-4-5-7-16(14)20-13(3)17(18)19/h4-10,13H,1-3H3. The average molecular weight is 267 g/mol. The molecule has 3 nitrogen and oxygen atoms in total. The molecule has 1 unspecified atom stereocenters. The SMILES string of the molecule is Cc1ccc(C)c(N2C(=O)C(C)Oc3ccccc32)c1. The minimum Gasteiger partial charge on any atom is -0.479 e. The molecule has 0 aliphatic carbocycles. The second-order valence-electron chi connectivity index (χ2n) is 5.19. The summed E-state index contributed by atoms with van der Waals surface area (Å²) in [6.45, 7) is 5.84. The molecule has 1 aliphatic rings. The Morgan fingerprint density at radius 3 is 2.60 bits per heavy atom. The first-order valence-electron chi connectivity index (χ1n) is 6.75. The molecule has 0 bridgehead atoms. The number of hydrogen-bond donors (Lipinski definition) is 0. The largest absolute Gasteiger partial charge is 0.479 e. The molecule has 0 spiro atoms. The molecule has 20 heavy (non-hydrogen) atoms. The molecule has 1 amide bonds. The smallest absolute Gasteiger partial charge is 0.272 e. The molecule has 0 saturated heterocycles. The fourth-order valence-corrected chi connectivity index (χ4v) is 2.49. The highest BCUT2D eigenvalue weighted by atomic mass is 16.5. The summed E-state index contributed by atoms with van der Waals surface area (Å²) in [5.74, 6) is 0.720. The van der Waals surface area contributed by atoms with Crippen molar-refractivity contribution in [1.29, 1.82) is 0 Å². The zero-order valence-electron chi connectivity index (χ0n) is 11.9. The van der Waals surface area contributed by atoms with E-state index in [1.807, 2.05) is 50.2 Å². The van der Waals surface area contributed by atoms with Gasteiger partial charge in [-0.2, -0.15) is 0 Å². The van der Waals surface area contributed by atoms with Gasteiger partial charge in [-0.15, -0.1) is 0 Å². The summed E-state index contributed by atoms with van der Waals surface area (Å²) in [5.41, 5.74) is 3.95. The van der Waals surface area contributed by atoms with Gasteiger partial charge in [-0.1, -0.05) is 24.3 Å². The predicted molar refractivity (Wildman–Crippen MR) is 79.6 cm³/mol. The Morgan fingerprint density at radius 2 is 1.80 bits per heavy atom. The van der Waals surface area contributed by atoms with Gasteiger partial charge in [0.25, 0.3) is 5.91 Å². The molecule has 0 saturated carbocycles. The zero-order valence-corrected chi connectivity index (χ0v) is 11.9. The lowest BCUT2D eigenvalue weighted by atomic mass is 10.1. The van der Waals surface area contributed by atoms with Gasteiger partial charge in [-0.05, 0) is 50.1 Å². The number of nitrogens with zero attached hydrogens (tertiary/aromatic N) is 1. The second kappa shape index (κ2) is 4.67. The van der Waals surface area contributed by atoms with E-state index >= 15 is 0 Å². The number of benzene rings is 2. The van der Waals surface area contributed by atoms with Gasteiger partial charge in [0.05, 0.1) is 11.4 Å². The Kier molecular flexibility index (Phi) is 2.97. The number of carbonyl (C=O) groups excluding carboxylic acids is 1. The van der Waals surface area contributed by atoms with Crippen molar-refractivity contribution in [2.45, 2.75) is 26.9 Å². The molecule has 0 N–H and O–H groups in total. The maximum absolute atomic E-state index is 12.6. The van der Waals surface area contributed by atoms with E-state index in [1.54, 1.807) is 11.8 Å². The maximum Gasteiger partial charge on any atom is 0.272 e. The lowest BCUT2D eigenvalue weighted by Crippen LogP contribution is -2.41. The van der Waals surface area contributed by atoms with Crippen LogP contribution < -0.4 is 9.64 Å². The van der Waals surface area contributed by atoms with Crippen LogP contribution >= 0.6 is 0 Å². The predicted octanol–water partition coefficient (Wildman–Crippen LogP) is 3.75. The van der Waals surface area contributed by atoms with Crippen LogP contribution in [0.15, 0.2) is 42.5 Å². The van der Waals surface area contributed by atoms with E-state index in [-0.39, 0.29) is 5.91 Å². The van der Waals surface area contributed by atoms with Crippen molar-refractivity contribution in [2.75, 3.05) is 4.90 Å². The number of anilines is 2. The van der Waals surface area contributed by atoms with E-state index in [9.17, 15) is 4.79 Å². The van der Waals surface area contributed by atoms with Crippen LogP contribution in [0.4, 0.5) is 11.4 Å². The molecule has 1 atom stereocenters. The molecule has 3 heteroatoms. The van der Waals surface area contributed by atoms with Crippen LogP contribution in [0.5, 0.6) is 5.75 Å². The normalized spacial score (nSPS) is 17.6. The Morgan fingerprint density at radius 1 is 1.05 bits per heavy atom. The van der Waals surface area contributed by atoms with Crippen LogP contribution in [-0.4, -0.2) is 12.0 Å². The van der Waals surface area contributed by atoms with Crippen LogP contribution in [0.25, 0.3) is 0 Å². The Balaban J connectivity index is 2.21. The molecule has 3 rings (SSSR count). The first-order valence-corrected chi connectivity index (χ1v) is 6.75. The number of hydrogen-bond acceptors (Lipinski definition) is 2. The first kappa shape index (κ1) is 12.7. The number of aryl methyl sites for hydroxylation is 2. The first-order chi connectivity index (χ1) is 9.58. The zero-order chi connectivity index (χ0) is 14.3. The molecule has 1 heterocycles. The van der Waals surface area contributed by atoms with Crippen LogP contribution in [0.3, 0.4) is 0 Å². The molecule has 2 aromatic carbocycles. The van der Waals surface area contributed by atoms with Gasteiger partial charge in [0.2, 0.25) is 0 Å². The summed E-state index contributed by atoms with van der Waals surface area (Å²) in [4.78, 5) is 14.3. The average Bonchev–Trinajstić information content (AvgIpc) is 2.43. The highest BCUT2D eigenvalue weighted by Gasteiger charge is 2.32. The van der Waals surface area contributed by atoms with Crippen molar-refractivity contribution in [3.8, 4) is 5.75 Å². The van der Waals surface area contributed by atoms with Gasteiger partial charge in [-0.25, -0.2) is 0 Å². The van der Waals surface area contributed by atoms with Gasteiger partial charge in [0.1, 0.15) is 5.75 Å². The van der Waals surface area contributed by atoms with E-state index in [2.05, 4.69) is 6.07 Å². The third-order valence-electron chi connectivity index (χ3n) is 3.58. The molecule has 0 radical (unpaired) electrons. The Labute approximate surface area is 118 Å². The topological polar surface area (TPSA) is 29.5 Å². The van der Waals surface area contributed by atoms with Crippen molar-refractivity contribution in [3.63, 3.8) is 0 Å². The quantitative estimate of drug-likeness (QED) is 0.787. The van der Waals surface area contributed by atoms with Crippen molar-refractivity contribution in [2.24, 2.45) is 0 Å². The van der Waals surface area contributed by atoms with Crippen LogP contribution in [0, 0.1) is 13.8 Å². The van der Waals surface area contributed by atoms with E-state index < -0.39 is 6.10 Å². The van der Waals surface area contributed by atoms with E-state index in [0.29, 0.717) is 0 Å². The van der Waals surface area contributed by atoms with E-state index in [1.165, 1.54) is 0 Å². The fraction of sp³-hybridized carbons (Fsp3) is 0.235. The maximum atomic E-state index is 12.6. The molecular formula is C17H17NO2. The van der Waals surface area contributed by atoms with Gasteiger partial charge < -0.3 is 4.74 Å². The summed E-state index contributed by atoms with van der Waals surface area (Å²) < 4.78 is 5.67. The monoisotopic (exact) mass is 267 g/mol. The number of amides is 1. The summed E-state index contributed by atoms with van der Waals surface area (Å²) >= 11 is 0. The number of para-hydroxylation sites is 2. The summed E-state index contributed by atoms with van der Waals surface area (Å²) in [6.07, 6.45) is -0.468. The molecule has 0 aromatic heterocycles. The van der Waals surface area contributed by atoms with Crippen LogP contribution in [0.1, 0.15) is 18.1 Å². The summed E-state index contributed by atoms with van der Waals surface area (Å²) in [6, 6.07) is 13.8. The third-order valence-corrected chi connectivity index (χ3v) is 3.58. The lowest BCUT2D eigenvalue weighted by molar-refractivity contribution is -0.124. The summed E-state index contributed by atoms with van der Waals surface area (Å²) in [7, 11) is 0. The van der Waals surface area contributed by atoms with Gasteiger partial charge in [0, 0.05) is 0 Å². The number of carbonyl (C=O) groups is 1. The minimum atomic E-state index is -0.468. The highest BCUT2D eigenvalue weighted by molar-refractivity contribution is 6.06. The Hall–Kier alpha value is -2.29. The lowest BCUT2D eigenvalue weighted by Gasteiger charge is -2.33. The van der Waals surface area contributed by atoms with Crippen LogP contribution in [0.2, 0.25) is 0 Å². The molecular weight excluding hydrogens is 250 g/mol. The van der Waals surface area contributed by atoms with Gasteiger partial charge in [0.15, 0.2) is 6.10 Å². The fourth-order valence-electron chi connectivity index (χ4n) is 2.49. The van der Waals surface area contributed by atoms with Crippen molar-refractivity contribution >= 4 is 17.3 Å². The van der Waals surface area contributed by atoms with Crippen molar-refractivity contribution in [1.82, 2.24) is 0 Å². The van der Waals surface area contributed by atoms with Crippen molar-refractivity contribution < 1.29 is 9.53 Å². The molecule has 1 aliphatic heterocycles. The van der Waals surface area contributed by atoms with Gasteiger partial charge >= 0.3 is 0 Å². The minimum absolute atomic E-state index is 0.0302. The second-order valence-corrected chi connectivity index (χ2v) is 5.19. The van der Waals surface area contributed by atoms with Gasteiger partial charge in [-0.3, -0.25) is 9.69 Å². The number of fused-ring (bicyclic) bond motifs is 1. The van der Waals surface area contributed by atoms with E-state index in [4.69, 9.17) is 4.74 Å². The van der Waals surface area contributed by atoms with Crippen molar-refractivity contribution in [3.05, 3.63) is 53.6 Å². The Bertz CT molecular complexity index is 678. The highest BCUT2D eigenvalue weighted by Crippen LogP contribution is 2.39. The molecule has 2 aromatic rings. The number of ether oxygens (including phenoxy) is 1.